The van der Waals surface area contributed by atoms with Crippen molar-refractivity contribution in [2.75, 3.05) is 26.3 Å². The van der Waals surface area contributed by atoms with Crippen molar-refractivity contribution in [1.82, 2.24) is 25.5 Å². The molecule has 7 nitrogen and oxygen atoms in total. The molecule has 0 bridgehead atoms. The molecule has 1 aromatic carbocycles. The summed E-state index contributed by atoms with van der Waals surface area (Å²) >= 11 is 0. The van der Waals surface area contributed by atoms with Crippen LogP contribution in [0.25, 0.3) is 16.6 Å². The second-order valence-corrected chi connectivity index (χ2v) is 6.95. The zero-order valence-corrected chi connectivity index (χ0v) is 15.8. The van der Waals surface area contributed by atoms with Crippen LogP contribution in [0, 0.1) is 0 Å². The van der Waals surface area contributed by atoms with E-state index in [9.17, 15) is 8.78 Å². The highest BCUT2D eigenvalue weighted by Crippen LogP contribution is 2.29. The van der Waals surface area contributed by atoms with E-state index < -0.39 is 6.55 Å². The van der Waals surface area contributed by atoms with Crippen molar-refractivity contribution in [2.24, 2.45) is 0 Å². The molecule has 0 spiro atoms. The SMILES string of the molecule is CC(C)Oc1ccc2[nH]nc(C3=CC(N4CCOCC4)=CN(C(F)F)N3)c2c1. The molecule has 2 aliphatic rings. The van der Waals surface area contributed by atoms with Crippen LogP contribution in [0.1, 0.15) is 19.5 Å². The molecule has 0 atom stereocenters. The Bertz CT molecular complexity index is 903. The lowest BCUT2D eigenvalue weighted by atomic mass is 10.1. The normalized spacial score (nSPS) is 17.8. The van der Waals surface area contributed by atoms with Crippen LogP contribution < -0.4 is 10.2 Å². The molecule has 2 aliphatic heterocycles. The molecule has 1 fully saturated rings. The number of aromatic nitrogens is 2. The van der Waals surface area contributed by atoms with Crippen LogP contribution in [0.3, 0.4) is 0 Å². The molecular weight excluding hydrogens is 368 g/mol. The summed E-state index contributed by atoms with van der Waals surface area (Å²) in [7, 11) is 0. The number of fused-ring (bicyclic) bond motifs is 1. The van der Waals surface area contributed by atoms with Crippen LogP contribution in [-0.4, -0.2) is 59.1 Å². The number of alkyl halides is 2. The zero-order chi connectivity index (χ0) is 19.7. The standard InChI is InChI=1S/C19H23F2N5O2/c1-12(2)28-14-3-4-16-15(10-14)18(23-22-16)17-9-13(11-26(24-17)19(20)21)25-5-7-27-8-6-25/h3-4,9-12,19,24H,5-8H2,1-2H3,(H,22,23). The average Bonchev–Trinajstić information content (AvgIpc) is 3.11. The monoisotopic (exact) mass is 391 g/mol. The summed E-state index contributed by atoms with van der Waals surface area (Å²) in [6.07, 6.45) is 3.29. The quantitative estimate of drug-likeness (QED) is 0.764. The molecule has 9 heteroatoms. The number of morpholine rings is 1. The van der Waals surface area contributed by atoms with Crippen molar-refractivity contribution < 1.29 is 18.3 Å². The number of allylic oxidation sites excluding steroid dienone is 1. The molecule has 28 heavy (non-hydrogen) atoms. The second kappa shape index (κ2) is 7.67. The van der Waals surface area contributed by atoms with Crippen LogP contribution >= 0.6 is 0 Å². The van der Waals surface area contributed by atoms with Crippen LogP contribution in [0.15, 0.2) is 36.2 Å². The predicted octanol–water partition coefficient (Wildman–Crippen LogP) is 2.91. The topological polar surface area (TPSA) is 65.6 Å². The average molecular weight is 391 g/mol. The van der Waals surface area contributed by atoms with E-state index in [1.54, 1.807) is 0 Å². The van der Waals surface area contributed by atoms with Crippen molar-refractivity contribution in [3.05, 3.63) is 41.9 Å². The molecule has 0 unspecified atom stereocenters. The van der Waals surface area contributed by atoms with Crippen molar-refractivity contribution >= 4 is 16.6 Å². The second-order valence-electron chi connectivity index (χ2n) is 6.95. The first-order chi connectivity index (χ1) is 13.5. The fourth-order valence-corrected chi connectivity index (χ4v) is 3.30. The maximum absolute atomic E-state index is 13.5. The molecule has 0 amide bonds. The Balaban J connectivity index is 1.72. The summed E-state index contributed by atoms with van der Waals surface area (Å²) in [6.45, 7) is 3.66. The Morgan fingerprint density at radius 3 is 2.71 bits per heavy atom. The van der Waals surface area contributed by atoms with Gasteiger partial charge in [-0.3, -0.25) is 10.5 Å². The fraction of sp³-hybridized carbons (Fsp3) is 0.421. The number of nitrogens with one attached hydrogen (secondary N) is 2. The van der Waals surface area contributed by atoms with Crippen LogP contribution in [0.4, 0.5) is 8.78 Å². The first-order valence-electron chi connectivity index (χ1n) is 9.26. The van der Waals surface area contributed by atoms with Gasteiger partial charge in [0.25, 0.3) is 0 Å². The van der Waals surface area contributed by atoms with Gasteiger partial charge in [0.05, 0.1) is 42.4 Å². The van der Waals surface area contributed by atoms with Gasteiger partial charge in [0.2, 0.25) is 0 Å². The van der Waals surface area contributed by atoms with Crippen LogP contribution in [0.5, 0.6) is 5.75 Å². The molecule has 0 radical (unpaired) electrons. The van der Waals surface area contributed by atoms with Crippen molar-refractivity contribution in [2.45, 2.75) is 26.5 Å². The van der Waals surface area contributed by atoms with Crippen LogP contribution in [0.2, 0.25) is 0 Å². The van der Waals surface area contributed by atoms with Gasteiger partial charge < -0.3 is 14.4 Å². The summed E-state index contributed by atoms with van der Waals surface area (Å²) in [5.41, 5.74) is 5.33. The van der Waals surface area contributed by atoms with Crippen molar-refractivity contribution in [1.29, 1.82) is 0 Å². The van der Waals surface area contributed by atoms with Crippen molar-refractivity contribution in [3.63, 3.8) is 0 Å². The van der Waals surface area contributed by atoms with E-state index in [1.807, 2.05) is 43.0 Å². The molecule has 1 saturated heterocycles. The minimum Gasteiger partial charge on any atom is -0.491 e. The largest absolute Gasteiger partial charge is 0.491 e. The van der Waals surface area contributed by atoms with E-state index in [-0.39, 0.29) is 6.10 Å². The number of nitrogens with zero attached hydrogens (tertiary/aromatic N) is 3. The Morgan fingerprint density at radius 1 is 1.21 bits per heavy atom. The third-order valence-corrected chi connectivity index (χ3v) is 4.56. The number of benzene rings is 1. The molecule has 0 saturated carbocycles. The molecule has 1 aromatic heterocycles. The smallest absolute Gasteiger partial charge is 0.331 e. The third-order valence-electron chi connectivity index (χ3n) is 4.56. The summed E-state index contributed by atoms with van der Waals surface area (Å²) in [4.78, 5) is 2.03. The molecule has 3 heterocycles. The van der Waals surface area contributed by atoms with Gasteiger partial charge in [-0.1, -0.05) is 0 Å². The van der Waals surface area contributed by atoms with Gasteiger partial charge >= 0.3 is 6.55 Å². The lowest BCUT2D eigenvalue weighted by Crippen LogP contribution is -2.42. The zero-order valence-electron chi connectivity index (χ0n) is 15.8. The van der Waals surface area contributed by atoms with Crippen molar-refractivity contribution in [3.8, 4) is 5.75 Å². The van der Waals surface area contributed by atoms with Gasteiger partial charge in [0.15, 0.2) is 0 Å². The molecule has 2 N–H and O–H groups in total. The first kappa shape index (κ1) is 18.5. The van der Waals surface area contributed by atoms with Gasteiger partial charge in [-0.15, -0.1) is 0 Å². The lowest BCUT2D eigenvalue weighted by molar-refractivity contribution is -0.0175. The van der Waals surface area contributed by atoms with E-state index in [4.69, 9.17) is 9.47 Å². The number of H-pyrrole nitrogens is 1. The van der Waals surface area contributed by atoms with Gasteiger partial charge in [-0.25, -0.2) is 5.01 Å². The Kier molecular flexibility index (Phi) is 5.08. The summed E-state index contributed by atoms with van der Waals surface area (Å²) in [5.74, 6) is 0.705. The summed E-state index contributed by atoms with van der Waals surface area (Å²) < 4.78 is 38.1. The molecule has 150 valence electrons. The number of ether oxygens (including phenoxy) is 2. The minimum absolute atomic E-state index is 0.0324. The number of hydrogen-bond acceptors (Lipinski definition) is 6. The number of aromatic amines is 1. The summed E-state index contributed by atoms with van der Waals surface area (Å²) in [5, 5.41) is 8.92. The number of hydrazine groups is 1. The Morgan fingerprint density at radius 2 is 2.00 bits per heavy atom. The van der Waals surface area contributed by atoms with Gasteiger partial charge in [0.1, 0.15) is 11.4 Å². The van der Waals surface area contributed by atoms with Gasteiger partial charge in [0, 0.05) is 18.5 Å². The van der Waals surface area contributed by atoms with E-state index in [0.29, 0.717) is 49.1 Å². The third kappa shape index (κ3) is 3.75. The molecular formula is C19H23F2N5O2. The number of rotatable bonds is 5. The van der Waals surface area contributed by atoms with E-state index in [1.165, 1.54) is 6.20 Å². The van der Waals surface area contributed by atoms with Gasteiger partial charge in [-0.05, 0) is 38.1 Å². The van der Waals surface area contributed by atoms with Gasteiger partial charge in [-0.2, -0.15) is 13.9 Å². The fourth-order valence-electron chi connectivity index (χ4n) is 3.30. The first-order valence-corrected chi connectivity index (χ1v) is 9.26. The lowest BCUT2D eigenvalue weighted by Gasteiger charge is -2.34. The molecule has 0 aliphatic carbocycles. The van der Waals surface area contributed by atoms with Crippen LogP contribution in [-0.2, 0) is 4.74 Å². The Labute approximate surface area is 161 Å². The molecule has 2 aromatic rings. The van der Waals surface area contributed by atoms with E-state index in [0.717, 1.165) is 15.9 Å². The highest BCUT2D eigenvalue weighted by molar-refractivity contribution is 5.91. The molecule has 4 rings (SSSR count). The summed E-state index contributed by atoms with van der Waals surface area (Å²) in [6, 6.07) is 5.60. The van der Waals surface area contributed by atoms with E-state index >= 15 is 0 Å². The predicted molar refractivity (Wildman–Crippen MR) is 101 cm³/mol. The maximum Gasteiger partial charge on any atom is 0.331 e. The minimum atomic E-state index is -2.69. The van der Waals surface area contributed by atoms with E-state index in [2.05, 4.69) is 15.6 Å². The maximum atomic E-state index is 13.5. The number of hydrogen-bond donors (Lipinski definition) is 2. The highest BCUT2D eigenvalue weighted by Gasteiger charge is 2.25. The highest BCUT2D eigenvalue weighted by atomic mass is 19.3. The Hall–Kier alpha value is -2.81. The number of halogens is 2.